The van der Waals surface area contributed by atoms with E-state index >= 15 is 0 Å². The zero-order valence-corrected chi connectivity index (χ0v) is 30.9. The van der Waals surface area contributed by atoms with Crippen molar-refractivity contribution in [2.45, 2.75) is 52.1 Å². The van der Waals surface area contributed by atoms with Gasteiger partial charge in [0.15, 0.2) is 11.4 Å². The van der Waals surface area contributed by atoms with Crippen LogP contribution in [0, 0.1) is 19.8 Å². The Hall–Kier alpha value is -5.57. The van der Waals surface area contributed by atoms with Crippen LogP contribution in [0.3, 0.4) is 0 Å². The summed E-state index contributed by atoms with van der Waals surface area (Å²) < 4.78 is 50.3. The van der Waals surface area contributed by atoms with Crippen molar-refractivity contribution in [1.29, 1.82) is 0 Å². The lowest BCUT2D eigenvalue weighted by atomic mass is 9.92. The number of likely N-dealkylation sites (tertiary alicyclic amines) is 2. The number of fused-ring (bicyclic) bond motifs is 2. The number of rotatable bonds is 10. The number of halogens is 3. The molecule has 2 aliphatic rings. The number of pyridine rings is 3. The quantitative estimate of drug-likeness (QED) is 0.131. The number of carboxylic acids is 1. The predicted octanol–water partition coefficient (Wildman–Crippen LogP) is 7.22. The van der Waals surface area contributed by atoms with Crippen molar-refractivity contribution in [2.24, 2.45) is 5.92 Å². The summed E-state index contributed by atoms with van der Waals surface area (Å²) in [5, 5.41) is 23.5. The molecule has 2 atom stereocenters. The highest BCUT2D eigenvalue weighted by atomic mass is 19.4. The first-order chi connectivity index (χ1) is 26.8. The van der Waals surface area contributed by atoms with Gasteiger partial charge in [0.25, 0.3) is 5.56 Å². The van der Waals surface area contributed by atoms with Gasteiger partial charge < -0.3 is 29.4 Å². The molecular weight excluding hydrogens is 725 g/mol. The summed E-state index contributed by atoms with van der Waals surface area (Å²) in [6.45, 7) is 7.04. The topological polar surface area (TPSA) is 137 Å². The molecule has 2 aliphatic heterocycles. The summed E-state index contributed by atoms with van der Waals surface area (Å²) in [5.41, 5.74) is 4.32. The van der Waals surface area contributed by atoms with Gasteiger partial charge in [-0.3, -0.25) is 19.5 Å². The molecule has 14 heteroatoms. The molecule has 0 spiro atoms. The number of β-amino-alcohol motifs (C(OH)–C–C–N with tert-alkyl or cyclic N) is 1. The Balaban J connectivity index is 1.09. The number of carboxylic acid groups (broad SMARTS) is 1. The van der Waals surface area contributed by atoms with Gasteiger partial charge in [0.1, 0.15) is 16.8 Å². The minimum atomic E-state index is -4.79. The largest absolute Gasteiger partial charge is 0.481 e. The third kappa shape index (κ3) is 7.27. The van der Waals surface area contributed by atoms with Gasteiger partial charge in [0.05, 0.1) is 17.4 Å². The van der Waals surface area contributed by atoms with Crippen molar-refractivity contribution in [3.8, 4) is 22.5 Å². The molecule has 0 amide bonds. The van der Waals surface area contributed by atoms with Crippen molar-refractivity contribution in [1.82, 2.24) is 24.3 Å². The van der Waals surface area contributed by atoms with Crippen LogP contribution < -0.4 is 10.9 Å². The van der Waals surface area contributed by atoms with Crippen molar-refractivity contribution in [3.05, 3.63) is 106 Å². The van der Waals surface area contributed by atoms with Crippen LogP contribution in [0.2, 0.25) is 0 Å². The minimum absolute atomic E-state index is 0.0290. The van der Waals surface area contributed by atoms with E-state index in [4.69, 9.17) is 9.40 Å². The number of hydrogen-bond acceptors (Lipinski definition) is 9. The van der Waals surface area contributed by atoms with Crippen LogP contribution in [0.1, 0.15) is 35.1 Å². The first kappa shape index (κ1) is 37.4. The van der Waals surface area contributed by atoms with Gasteiger partial charge in [-0.15, -0.1) is 0 Å². The average Bonchev–Trinajstić information content (AvgIpc) is 3.93. The zero-order valence-electron chi connectivity index (χ0n) is 30.9. The molecular formula is C42H41F3N6O5. The molecule has 0 aliphatic carbocycles. The second-order valence-electron chi connectivity index (χ2n) is 14.9. The van der Waals surface area contributed by atoms with E-state index in [0.717, 1.165) is 62.6 Å². The maximum absolute atomic E-state index is 14.4. The third-order valence-electron chi connectivity index (χ3n) is 11.1. The molecule has 0 unspecified atom stereocenters. The fourth-order valence-corrected chi connectivity index (χ4v) is 8.05. The third-order valence-corrected chi connectivity index (χ3v) is 11.1. The van der Waals surface area contributed by atoms with E-state index in [1.54, 1.807) is 12.3 Å². The Labute approximate surface area is 320 Å². The normalized spacial score (nSPS) is 18.0. The highest BCUT2D eigenvalue weighted by molar-refractivity contribution is 5.92. The zero-order chi connectivity index (χ0) is 39.3. The van der Waals surface area contributed by atoms with Crippen LogP contribution in [0.15, 0.2) is 82.4 Å². The summed E-state index contributed by atoms with van der Waals surface area (Å²) in [6, 6.07) is 16.7. The molecule has 2 aromatic carbocycles. The molecule has 6 aromatic rings. The Morgan fingerprint density at radius 1 is 0.946 bits per heavy atom. The number of anilines is 2. The van der Waals surface area contributed by atoms with Gasteiger partial charge in [0.2, 0.25) is 0 Å². The predicted molar refractivity (Wildman–Crippen MR) is 207 cm³/mol. The molecule has 0 radical (unpaired) electrons. The van der Waals surface area contributed by atoms with Gasteiger partial charge in [-0.25, -0.2) is 4.98 Å². The molecule has 4 aromatic heterocycles. The molecule has 8 rings (SSSR count). The molecule has 56 heavy (non-hydrogen) atoms. The number of alkyl halides is 3. The molecule has 290 valence electrons. The van der Waals surface area contributed by atoms with Gasteiger partial charge in [-0.1, -0.05) is 30.3 Å². The summed E-state index contributed by atoms with van der Waals surface area (Å²) in [6.07, 6.45) is 0.517. The Morgan fingerprint density at radius 2 is 1.70 bits per heavy atom. The lowest BCUT2D eigenvalue weighted by Gasteiger charge is -2.17. The number of aliphatic carboxylic acids is 1. The molecule has 2 saturated heterocycles. The molecule has 0 bridgehead atoms. The van der Waals surface area contributed by atoms with Crippen molar-refractivity contribution < 1.29 is 32.6 Å². The van der Waals surface area contributed by atoms with E-state index in [1.165, 1.54) is 6.07 Å². The number of aliphatic hydroxyl groups is 1. The fourth-order valence-electron chi connectivity index (χ4n) is 8.05. The maximum Gasteiger partial charge on any atom is 0.421 e. The van der Waals surface area contributed by atoms with E-state index in [-0.39, 0.29) is 36.9 Å². The second kappa shape index (κ2) is 14.8. The molecule has 2 fully saturated rings. The SMILES string of the molecule is Cc1c(Nc2nccc3cc(CN4CC[C@@H](O)C4)cnc23)cccc1-c1cccc(-c2cc3c(=O)n(CCN4CC[C@@H](C(=O)O)C4)cc(C(F)(F)F)c3o2)c1C. The van der Waals surface area contributed by atoms with E-state index in [2.05, 4.69) is 21.3 Å². The van der Waals surface area contributed by atoms with Gasteiger partial charge >= 0.3 is 12.1 Å². The number of carbonyl (C=O) groups is 1. The number of hydrogen-bond donors (Lipinski definition) is 3. The minimum Gasteiger partial charge on any atom is -0.481 e. The number of aliphatic hydroxyl groups excluding tert-OH is 1. The van der Waals surface area contributed by atoms with Crippen molar-refractivity contribution in [2.75, 3.05) is 38.0 Å². The Kier molecular flexibility index (Phi) is 9.89. The highest BCUT2D eigenvalue weighted by Crippen LogP contribution is 2.40. The summed E-state index contributed by atoms with van der Waals surface area (Å²) in [5.74, 6) is -0.707. The van der Waals surface area contributed by atoms with E-state index in [1.807, 2.05) is 61.3 Å². The maximum atomic E-state index is 14.4. The van der Waals surface area contributed by atoms with Crippen LogP contribution in [-0.2, 0) is 24.1 Å². The van der Waals surface area contributed by atoms with E-state index < -0.39 is 34.8 Å². The van der Waals surface area contributed by atoms with Crippen LogP contribution >= 0.6 is 0 Å². The summed E-state index contributed by atoms with van der Waals surface area (Å²) in [4.78, 5) is 38.4. The monoisotopic (exact) mass is 766 g/mol. The van der Waals surface area contributed by atoms with Crippen LogP contribution in [-0.4, -0.2) is 79.3 Å². The molecule has 0 saturated carbocycles. The van der Waals surface area contributed by atoms with Crippen LogP contribution in [0.5, 0.6) is 0 Å². The van der Waals surface area contributed by atoms with E-state index in [9.17, 15) is 33.0 Å². The van der Waals surface area contributed by atoms with Crippen molar-refractivity contribution in [3.63, 3.8) is 0 Å². The number of aromatic nitrogens is 3. The Bertz CT molecular complexity index is 2530. The number of benzene rings is 2. The van der Waals surface area contributed by atoms with Crippen molar-refractivity contribution >= 4 is 39.3 Å². The van der Waals surface area contributed by atoms with Gasteiger partial charge in [0, 0.05) is 74.5 Å². The van der Waals surface area contributed by atoms with Crippen LogP contribution in [0.4, 0.5) is 24.7 Å². The molecule has 11 nitrogen and oxygen atoms in total. The lowest BCUT2D eigenvalue weighted by Crippen LogP contribution is -2.31. The first-order valence-corrected chi connectivity index (χ1v) is 18.6. The number of nitrogens with zero attached hydrogens (tertiary/aromatic N) is 5. The smallest absolute Gasteiger partial charge is 0.421 e. The van der Waals surface area contributed by atoms with E-state index in [0.29, 0.717) is 43.0 Å². The average molecular weight is 767 g/mol. The summed E-state index contributed by atoms with van der Waals surface area (Å²) in [7, 11) is 0. The number of furan rings is 1. The standard InChI is InChI=1S/C42H41F3N6O5/c1-24-30(31-6-4-8-35(25(31)2)48-39-37-27(9-12-46-39)17-26(19-47-37)20-50-14-11-29(52)22-50)5-3-7-32(24)36-18-33-38(56-36)34(42(43,44)45)23-51(40(33)53)16-15-49-13-10-28(21-49)41(54)55/h3-9,12,17-19,23,28-29,52H,10-11,13-16,20-22H2,1-2H3,(H,46,48)(H,54,55)/t28-,29-/m1/s1. The van der Waals surface area contributed by atoms with Crippen LogP contribution in [0.25, 0.3) is 44.3 Å². The van der Waals surface area contributed by atoms with Gasteiger partial charge in [-0.05, 0) is 85.3 Å². The fraction of sp³-hybridized carbons (Fsp3) is 0.333. The second-order valence-corrected chi connectivity index (χ2v) is 14.9. The first-order valence-electron chi connectivity index (χ1n) is 18.6. The molecule has 3 N–H and O–H groups in total. The Morgan fingerprint density at radius 3 is 2.43 bits per heavy atom. The number of nitrogens with one attached hydrogen (secondary N) is 1. The molecule has 6 heterocycles. The lowest BCUT2D eigenvalue weighted by molar-refractivity contribution is -0.141. The summed E-state index contributed by atoms with van der Waals surface area (Å²) >= 11 is 0. The van der Waals surface area contributed by atoms with Gasteiger partial charge in [-0.2, -0.15) is 13.2 Å². The highest BCUT2D eigenvalue weighted by Gasteiger charge is 2.37.